The molecule has 20 aliphatic heterocycles. The molecular formula is C109H85B16N19O4. The Morgan fingerprint density at radius 1 is 0.182 bits per heavy atom. The second-order valence-corrected chi connectivity index (χ2v) is 39.0. The third-order valence-corrected chi connectivity index (χ3v) is 31.1. The van der Waals surface area contributed by atoms with Crippen LogP contribution in [0.4, 0.5) is 0 Å². The number of fused-ring (bicyclic) bond motifs is 44. The maximum Gasteiger partial charge on any atom is 0.381 e. The second kappa shape index (κ2) is 36.2. The lowest BCUT2D eigenvalue weighted by Gasteiger charge is -2.53. The topological polar surface area (TPSA) is 143 Å². The van der Waals surface area contributed by atoms with Crippen LogP contribution in [0.3, 0.4) is 0 Å². The molecule has 4 saturated heterocycles. The van der Waals surface area contributed by atoms with Crippen LogP contribution >= 0.6 is 0 Å². The molecule has 5 aromatic carbocycles. The number of hydrogen-bond donors (Lipinski definition) is 0. The molecule has 12 aromatic rings. The molecule has 0 bridgehead atoms. The molecule has 39 heteroatoms. The smallest absolute Gasteiger partial charge is 0.381 e. The van der Waals surface area contributed by atoms with Crippen LogP contribution in [0.25, 0.3) is 110 Å². The Kier molecular flexibility index (Phi) is 21.3. The van der Waals surface area contributed by atoms with Gasteiger partial charge in [-0.05, 0) is 261 Å². The molecule has 0 saturated carbocycles. The molecule has 27 heterocycles. The summed E-state index contributed by atoms with van der Waals surface area (Å²) in [5.74, 6) is 36.8. The van der Waals surface area contributed by atoms with Gasteiger partial charge >= 0.3 is 112 Å². The van der Waals surface area contributed by atoms with Crippen LogP contribution in [-0.4, -0.2) is 202 Å². The van der Waals surface area contributed by atoms with Crippen LogP contribution in [0.15, 0.2) is 535 Å². The molecule has 0 radical (unpaired) electrons. The maximum atomic E-state index is 6.40. The molecule has 0 spiro atoms. The summed E-state index contributed by atoms with van der Waals surface area (Å²) in [6.45, 7) is 1.00. The summed E-state index contributed by atoms with van der Waals surface area (Å²) in [7, 11) is 0. The van der Waals surface area contributed by atoms with Crippen molar-refractivity contribution in [2.75, 3.05) is 0 Å². The monoisotopic (exact) mass is 1900 g/mol. The number of allylic oxidation sites excluding steroid dienone is 32. The first kappa shape index (κ1) is 86.9. The number of nitrogens with zero attached hydrogens (tertiary/aromatic N) is 19. The van der Waals surface area contributed by atoms with Gasteiger partial charge in [0.2, 0.25) is 5.71 Å². The predicted octanol–water partition coefficient (Wildman–Crippen LogP) is 18.5. The van der Waals surface area contributed by atoms with Crippen molar-refractivity contribution in [3.63, 3.8) is 0 Å². The van der Waals surface area contributed by atoms with Crippen molar-refractivity contribution in [1.29, 1.82) is 0 Å². The number of para-hydroxylation sites is 5. The summed E-state index contributed by atoms with van der Waals surface area (Å²) >= 11 is 0. The third kappa shape index (κ3) is 14.5. The van der Waals surface area contributed by atoms with E-state index in [1.807, 2.05) is 48.8 Å². The zero-order valence-electron chi connectivity index (χ0n) is 80.4. The lowest BCUT2D eigenvalue weighted by Crippen LogP contribution is -2.73. The van der Waals surface area contributed by atoms with E-state index in [0.29, 0.717) is 5.71 Å². The predicted molar refractivity (Wildman–Crippen MR) is 618 cm³/mol. The van der Waals surface area contributed by atoms with Crippen LogP contribution in [0.2, 0.25) is 0 Å². The molecule has 32 rings (SSSR count). The summed E-state index contributed by atoms with van der Waals surface area (Å²) in [6.07, 6.45) is 103. The van der Waals surface area contributed by atoms with Gasteiger partial charge in [0, 0.05) is 84.7 Å². The molecule has 0 N–H and O–H groups in total. The minimum absolute atomic E-state index is 0.00333. The minimum atomic E-state index is -0.00661. The van der Waals surface area contributed by atoms with E-state index in [-0.39, 0.29) is 112 Å². The summed E-state index contributed by atoms with van der Waals surface area (Å²) in [6, 6.07) is 43.7. The van der Waals surface area contributed by atoms with E-state index in [2.05, 4.69) is 546 Å². The fourth-order valence-corrected chi connectivity index (χ4v) is 24.4. The molecule has 4 fully saturated rings. The average Bonchev–Trinajstić information content (AvgIpc) is 0.820. The van der Waals surface area contributed by atoms with Crippen molar-refractivity contribution < 1.29 is 17.7 Å². The van der Waals surface area contributed by atoms with Crippen molar-refractivity contribution >= 4 is 222 Å². The number of benzene rings is 5. The van der Waals surface area contributed by atoms with Crippen molar-refractivity contribution in [2.24, 2.45) is 0 Å². The quantitative estimate of drug-likeness (QED) is 0.154. The lowest BCUT2D eigenvalue weighted by molar-refractivity contribution is 0.621. The fraction of sp³-hybridized carbons (Fsp3) is 0. The Morgan fingerprint density at radius 3 is 0.784 bits per heavy atom. The highest BCUT2D eigenvalue weighted by atomic mass is 16.3. The van der Waals surface area contributed by atoms with E-state index in [9.17, 15) is 0 Å². The number of rotatable bonds is 4. The number of hydrogen-bond acceptors (Lipinski definition) is 23. The third-order valence-electron chi connectivity index (χ3n) is 31.1. The number of furan rings is 4. The van der Waals surface area contributed by atoms with Gasteiger partial charge in [-0.25, -0.2) is 4.98 Å². The first-order valence-electron chi connectivity index (χ1n) is 50.9. The van der Waals surface area contributed by atoms with Crippen LogP contribution in [0.5, 0.6) is 0 Å². The van der Waals surface area contributed by atoms with E-state index >= 15 is 0 Å². The van der Waals surface area contributed by atoms with Gasteiger partial charge < -0.3 is 93.2 Å². The standard InChI is InChI=1S/C28H22B4N4O.3C27H21B4N5O/c1-2-13-27-25(10-1)26-12-9-11-24(28(26)37-27)23-14-21-36-31-17-4-7-19-34(31)29-15-3-6-18-33(29)30-16-5-8-20-35(30)32(36)22-23;1-4-17-33-28(13-1)34-18-5-2-15-30(34)36-20-12-22(21-31(36)35-19-6-3-14-29(33)35)23-9-7-10-24-26-25(37-27(23)24)11-8-16-32-26;1-4-17-33-28(13-1)34-18-5-2-15-30(34)36-20-12-22(21-31(36)35-19-6-3-14-29(33)35)23-9-7-10-24-25-11-8-16-32-27(25)37-26(23)24;1-4-16-33-28(12-1)34-17-5-2-14-30(34)36-19-11-22(20-31(36)35-18-6-3-13-29(33)35)23-8-7-9-24-25-21-32-15-10-26(25)37-27(23)24/h1-22H;3*1-21H. The first-order valence-corrected chi connectivity index (χ1v) is 50.9. The molecule has 688 valence electrons. The normalized spacial score (nSPS) is 19.4. The highest BCUT2D eigenvalue weighted by molar-refractivity contribution is 6.96. The SMILES string of the molecule is C1=CB2N(C=C1)B1C=CC=CN1B1C=C(c3cccc4c3oc3ccccc34)C=CN1B1C=CC=CN21.C1=CB2N(C=C1)B1C=CC=CN1B1C=C(c3cccc4c3oc3cccnc34)C=CN1B1C=CC=CN21.C1=CB2N(C=C1)B1C=CC=CN1B1C=C(c3cccc4c3oc3ccncc34)C=CN1B1C=CC=CN21.C1=CB2N(C=C1)B1C=CC=CN1B1C=C(c3cccc4c3oc3ncccc34)C=CN1B1C=CC=CN21. The van der Waals surface area contributed by atoms with E-state index in [0.717, 1.165) is 121 Å². The molecule has 0 atom stereocenters. The first-order chi connectivity index (χ1) is 73.5. The Bertz CT molecular complexity index is 7530. The van der Waals surface area contributed by atoms with Crippen molar-refractivity contribution in [3.8, 4) is 0 Å². The molecule has 23 nitrogen and oxygen atoms in total. The molecule has 0 aliphatic carbocycles. The summed E-state index contributed by atoms with van der Waals surface area (Å²) in [5, 5.41) is 7.62. The Morgan fingerprint density at radius 2 is 0.432 bits per heavy atom. The number of aromatic nitrogens is 3. The summed E-state index contributed by atoms with van der Waals surface area (Å²) in [5.41, 5.74) is 16.7. The van der Waals surface area contributed by atoms with Crippen molar-refractivity contribution in [2.45, 2.75) is 0 Å². The Balaban J connectivity index is 0.0000000930. The lowest BCUT2D eigenvalue weighted by atomic mass is 9.41. The molecule has 148 heavy (non-hydrogen) atoms. The maximum absolute atomic E-state index is 6.40. The minimum Gasteiger partial charge on any atom is -0.455 e. The largest absolute Gasteiger partial charge is 0.455 e. The Labute approximate surface area is 863 Å². The molecule has 20 aliphatic rings. The molecule has 0 unspecified atom stereocenters. The van der Waals surface area contributed by atoms with Crippen molar-refractivity contribution in [1.82, 2.24) is 90.5 Å². The molecular weight excluding hydrogens is 1810 g/mol. The van der Waals surface area contributed by atoms with Gasteiger partial charge in [0.1, 0.15) is 39.0 Å². The van der Waals surface area contributed by atoms with E-state index < -0.39 is 0 Å². The Hall–Kier alpha value is -17.7. The summed E-state index contributed by atoms with van der Waals surface area (Å²) in [4.78, 5) is 13.4. The van der Waals surface area contributed by atoms with Crippen LogP contribution in [0.1, 0.15) is 22.3 Å². The average molecular weight is 1900 g/mol. The molecule has 0 amide bonds. The van der Waals surface area contributed by atoms with Gasteiger partial charge in [0.25, 0.3) is 0 Å². The van der Waals surface area contributed by atoms with E-state index in [1.54, 1.807) is 12.4 Å². The van der Waals surface area contributed by atoms with Crippen LogP contribution < -0.4 is 0 Å². The van der Waals surface area contributed by atoms with Gasteiger partial charge in [0.15, 0.2) is 5.58 Å². The summed E-state index contributed by atoms with van der Waals surface area (Å²) < 4.78 is 64.3. The number of pyridine rings is 3. The zero-order valence-corrected chi connectivity index (χ0v) is 80.4. The van der Waals surface area contributed by atoms with E-state index in [1.165, 1.54) is 5.57 Å². The van der Waals surface area contributed by atoms with Crippen molar-refractivity contribution in [3.05, 3.63) is 539 Å². The highest BCUT2D eigenvalue weighted by Gasteiger charge is 2.56. The highest BCUT2D eigenvalue weighted by Crippen LogP contribution is 2.45. The van der Waals surface area contributed by atoms with E-state index in [4.69, 9.17) is 17.7 Å². The van der Waals surface area contributed by atoms with Crippen LogP contribution in [0, 0.1) is 0 Å². The van der Waals surface area contributed by atoms with Gasteiger partial charge in [0.05, 0.1) is 0 Å². The zero-order chi connectivity index (χ0) is 97.4. The van der Waals surface area contributed by atoms with Gasteiger partial charge in [-0.15, -0.1) is 0 Å². The second-order valence-electron chi connectivity index (χ2n) is 39.0. The fourth-order valence-electron chi connectivity index (χ4n) is 24.4. The van der Waals surface area contributed by atoms with Gasteiger partial charge in [-0.3, -0.25) is 9.97 Å². The van der Waals surface area contributed by atoms with Gasteiger partial charge in [-0.1, -0.05) is 253 Å². The van der Waals surface area contributed by atoms with Gasteiger partial charge in [-0.2, -0.15) is 0 Å². The molecule has 7 aromatic heterocycles. The van der Waals surface area contributed by atoms with Crippen LogP contribution in [-0.2, 0) is 0 Å².